The average molecular weight is 183 g/mol. The Morgan fingerprint density at radius 3 is 2.77 bits per heavy atom. The summed E-state index contributed by atoms with van der Waals surface area (Å²) in [5.74, 6) is 0.697. The first-order chi connectivity index (χ1) is 6.29. The van der Waals surface area contributed by atoms with Gasteiger partial charge in [-0.2, -0.15) is 0 Å². The number of carbonyl (C=O) groups excluding carboxylic acids is 1. The fourth-order valence-corrected chi connectivity index (χ4v) is 1.94. The minimum absolute atomic E-state index is 0.279. The maximum absolute atomic E-state index is 11.9. The summed E-state index contributed by atoms with van der Waals surface area (Å²) >= 11 is 0. The molecule has 1 atom stereocenters. The Labute approximate surface area is 79.0 Å². The van der Waals surface area contributed by atoms with Gasteiger partial charge in [-0.15, -0.1) is 0 Å². The molecule has 0 aromatic rings. The minimum atomic E-state index is 0.279. The smallest absolute Gasteiger partial charge is 0.226 e. The predicted octanol–water partition coefficient (Wildman–Crippen LogP) is 1.03. The zero-order valence-electron chi connectivity index (χ0n) is 8.16. The molecule has 13 heavy (non-hydrogen) atoms. The Balaban J connectivity index is 1.93. The standard InChI is InChI=1S/C10H17NO2/c1-8-7-13-6-5-11(8)10(12)9-3-2-4-9/h8-9H,2-7H2,1H3. The van der Waals surface area contributed by atoms with Crippen LogP contribution in [0.5, 0.6) is 0 Å². The third kappa shape index (κ3) is 1.70. The molecule has 0 aromatic carbocycles. The molecule has 0 radical (unpaired) electrons. The van der Waals surface area contributed by atoms with Crippen molar-refractivity contribution in [1.29, 1.82) is 0 Å². The Morgan fingerprint density at radius 1 is 1.46 bits per heavy atom. The molecule has 1 amide bonds. The van der Waals surface area contributed by atoms with Crippen molar-refractivity contribution in [2.75, 3.05) is 19.8 Å². The fourth-order valence-electron chi connectivity index (χ4n) is 1.94. The van der Waals surface area contributed by atoms with E-state index in [1.54, 1.807) is 0 Å². The largest absolute Gasteiger partial charge is 0.377 e. The van der Waals surface area contributed by atoms with Crippen molar-refractivity contribution in [1.82, 2.24) is 4.90 Å². The predicted molar refractivity (Wildman–Crippen MR) is 49.3 cm³/mol. The molecule has 1 unspecified atom stereocenters. The van der Waals surface area contributed by atoms with Crippen molar-refractivity contribution in [2.24, 2.45) is 5.92 Å². The normalized spacial score (nSPS) is 29.9. The van der Waals surface area contributed by atoms with Crippen LogP contribution in [-0.4, -0.2) is 36.6 Å². The van der Waals surface area contributed by atoms with E-state index in [9.17, 15) is 4.79 Å². The molecule has 0 aromatic heterocycles. The van der Waals surface area contributed by atoms with Crippen LogP contribution in [0.15, 0.2) is 0 Å². The van der Waals surface area contributed by atoms with E-state index < -0.39 is 0 Å². The first kappa shape index (κ1) is 9.00. The van der Waals surface area contributed by atoms with Crippen molar-refractivity contribution in [3.8, 4) is 0 Å². The molecule has 3 heteroatoms. The summed E-state index contributed by atoms with van der Waals surface area (Å²) < 4.78 is 5.30. The van der Waals surface area contributed by atoms with Crippen LogP contribution in [0.3, 0.4) is 0 Å². The molecule has 2 rings (SSSR count). The second-order valence-electron chi connectivity index (χ2n) is 4.08. The number of rotatable bonds is 1. The van der Waals surface area contributed by atoms with Gasteiger partial charge in [0.05, 0.1) is 19.3 Å². The quantitative estimate of drug-likeness (QED) is 0.607. The molecule has 0 bridgehead atoms. The second kappa shape index (κ2) is 3.66. The SMILES string of the molecule is CC1COCCN1C(=O)C1CCC1. The Bertz CT molecular complexity index is 201. The zero-order chi connectivity index (χ0) is 9.26. The highest BCUT2D eigenvalue weighted by molar-refractivity contribution is 5.80. The molecule has 2 aliphatic rings. The number of hydrogen-bond donors (Lipinski definition) is 0. The number of hydrogen-bond acceptors (Lipinski definition) is 2. The van der Waals surface area contributed by atoms with Crippen LogP contribution in [0, 0.1) is 5.92 Å². The van der Waals surface area contributed by atoms with Crippen LogP contribution < -0.4 is 0 Å². The molecule has 74 valence electrons. The van der Waals surface area contributed by atoms with E-state index in [0.717, 1.165) is 19.4 Å². The van der Waals surface area contributed by atoms with E-state index in [2.05, 4.69) is 6.92 Å². The third-order valence-electron chi connectivity index (χ3n) is 3.11. The van der Waals surface area contributed by atoms with Crippen LogP contribution >= 0.6 is 0 Å². The first-order valence-electron chi connectivity index (χ1n) is 5.17. The number of ether oxygens (including phenoxy) is 1. The molecule has 0 N–H and O–H groups in total. The van der Waals surface area contributed by atoms with Gasteiger partial charge in [-0.25, -0.2) is 0 Å². The summed E-state index contributed by atoms with van der Waals surface area (Å²) in [5.41, 5.74) is 0. The molecule has 0 spiro atoms. The average Bonchev–Trinajstić information content (AvgIpc) is 2.01. The van der Waals surface area contributed by atoms with Gasteiger partial charge in [0, 0.05) is 12.5 Å². The first-order valence-corrected chi connectivity index (χ1v) is 5.17. The Hall–Kier alpha value is -0.570. The summed E-state index contributed by atoms with van der Waals surface area (Å²) in [6.07, 6.45) is 3.43. The van der Waals surface area contributed by atoms with Crippen LogP contribution in [-0.2, 0) is 9.53 Å². The van der Waals surface area contributed by atoms with Gasteiger partial charge >= 0.3 is 0 Å². The molecule has 1 aliphatic heterocycles. The molecule has 1 saturated heterocycles. The highest BCUT2D eigenvalue weighted by Crippen LogP contribution is 2.29. The van der Waals surface area contributed by atoms with Gasteiger partial charge in [-0.3, -0.25) is 4.79 Å². The van der Waals surface area contributed by atoms with Crippen LogP contribution in [0.2, 0.25) is 0 Å². The van der Waals surface area contributed by atoms with E-state index in [0.29, 0.717) is 25.0 Å². The summed E-state index contributed by atoms with van der Waals surface area (Å²) in [7, 11) is 0. The lowest BCUT2D eigenvalue weighted by atomic mass is 9.84. The molecule has 1 aliphatic carbocycles. The lowest BCUT2D eigenvalue weighted by Gasteiger charge is -2.38. The van der Waals surface area contributed by atoms with Gasteiger partial charge in [0.1, 0.15) is 0 Å². The minimum Gasteiger partial charge on any atom is -0.377 e. The lowest BCUT2D eigenvalue weighted by Crippen LogP contribution is -2.50. The maximum Gasteiger partial charge on any atom is 0.226 e. The molecule has 1 heterocycles. The van der Waals surface area contributed by atoms with E-state index in [4.69, 9.17) is 4.74 Å². The van der Waals surface area contributed by atoms with E-state index in [1.165, 1.54) is 6.42 Å². The lowest BCUT2D eigenvalue weighted by molar-refractivity contribution is -0.146. The van der Waals surface area contributed by atoms with Crippen molar-refractivity contribution >= 4 is 5.91 Å². The zero-order valence-corrected chi connectivity index (χ0v) is 8.16. The number of amides is 1. The van der Waals surface area contributed by atoms with Crippen molar-refractivity contribution < 1.29 is 9.53 Å². The van der Waals surface area contributed by atoms with Gasteiger partial charge in [-0.05, 0) is 19.8 Å². The maximum atomic E-state index is 11.9. The van der Waals surface area contributed by atoms with Gasteiger partial charge in [0.15, 0.2) is 0 Å². The summed E-state index contributed by atoms with van der Waals surface area (Å²) in [5, 5.41) is 0. The molecular formula is C10H17NO2. The van der Waals surface area contributed by atoms with Crippen molar-refractivity contribution in [2.45, 2.75) is 32.2 Å². The van der Waals surface area contributed by atoms with E-state index in [-0.39, 0.29) is 6.04 Å². The van der Waals surface area contributed by atoms with Gasteiger partial charge in [0.2, 0.25) is 5.91 Å². The molecule has 2 fully saturated rings. The second-order valence-corrected chi connectivity index (χ2v) is 4.08. The van der Waals surface area contributed by atoms with Crippen LogP contribution in [0.4, 0.5) is 0 Å². The number of carbonyl (C=O) groups is 1. The van der Waals surface area contributed by atoms with Gasteiger partial charge < -0.3 is 9.64 Å². The van der Waals surface area contributed by atoms with Crippen molar-refractivity contribution in [3.63, 3.8) is 0 Å². The van der Waals surface area contributed by atoms with Crippen LogP contribution in [0.25, 0.3) is 0 Å². The molecular weight excluding hydrogens is 166 g/mol. The summed E-state index contributed by atoms with van der Waals surface area (Å²) in [6.45, 7) is 4.27. The summed E-state index contributed by atoms with van der Waals surface area (Å²) in [4.78, 5) is 13.9. The van der Waals surface area contributed by atoms with Gasteiger partial charge in [-0.1, -0.05) is 6.42 Å². The summed E-state index contributed by atoms with van der Waals surface area (Å²) in [6, 6.07) is 0.279. The number of morpholine rings is 1. The van der Waals surface area contributed by atoms with Crippen LogP contribution in [0.1, 0.15) is 26.2 Å². The Kier molecular flexibility index (Phi) is 2.54. The Morgan fingerprint density at radius 2 is 2.23 bits per heavy atom. The van der Waals surface area contributed by atoms with Crippen molar-refractivity contribution in [3.05, 3.63) is 0 Å². The highest BCUT2D eigenvalue weighted by Gasteiger charge is 2.32. The molecule has 3 nitrogen and oxygen atoms in total. The molecule has 1 saturated carbocycles. The van der Waals surface area contributed by atoms with E-state index >= 15 is 0 Å². The van der Waals surface area contributed by atoms with E-state index in [1.807, 2.05) is 4.90 Å². The van der Waals surface area contributed by atoms with Gasteiger partial charge in [0.25, 0.3) is 0 Å². The third-order valence-corrected chi connectivity index (χ3v) is 3.11. The monoisotopic (exact) mass is 183 g/mol. The number of nitrogens with zero attached hydrogens (tertiary/aromatic N) is 1. The highest BCUT2D eigenvalue weighted by atomic mass is 16.5. The fraction of sp³-hybridized carbons (Fsp3) is 0.900. The topological polar surface area (TPSA) is 29.5 Å².